The van der Waals surface area contributed by atoms with Gasteiger partial charge in [0.1, 0.15) is 6.01 Å². The van der Waals surface area contributed by atoms with Crippen LogP contribution in [0.3, 0.4) is 0 Å². The Balaban J connectivity index is 2.55. The predicted octanol–water partition coefficient (Wildman–Crippen LogP) is 7.88. The average molecular weight is 365 g/mol. The van der Waals surface area contributed by atoms with E-state index in [1.165, 1.54) is 22.4 Å². The molecule has 1 aliphatic carbocycles. The number of para-hydroxylation sites is 1. The molecule has 0 heterocycles. The molecule has 0 fully saturated rings. The zero-order valence-corrected chi connectivity index (χ0v) is 18.4. The van der Waals surface area contributed by atoms with Crippen LogP contribution in [-0.4, -0.2) is 6.01 Å². The van der Waals surface area contributed by atoms with E-state index in [2.05, 4.69) is 91.7 Å². The van der Waals surface area contributed by atoms with E-state index in [1.807, 2.05) is 0 Å². The molecule has 0 saturated carbocycles. The van der Waals surface area contributed by atoms with Gasteiger partial charge in [-0.1, -0.05) is 85.7 Å². The number of aliphatic imine (C=N–C) groups is 2. The Hall–Kier alpha value is -1.92. The maximum Gasteiger partial charge on any atom is 0.100 e. The third-order valence-corrected chi connectivity index (χ3v) is 5.44. The van der Waals surface area contributed by atoms with Crippen LogP contribution in [0.4, 0.5) is 5.69 Å². The number of nitrogens with zero attached hydrogens (tertiary/aromatic N) is 2. The molecule has 2 heteroatoms. The van der Waals surface area contributed by atoms with Crippen molar-refractivity contribution in [2.75, 3.05) is 0 Å². The zero-order valence-electron chi connectivity index (χ0n) is 18.4. The molecule has 0 bridgehead atoms. The quantitative estimate of drug-likeness (QED) is 0.459. The largest absolute Gasteiger partial charge is 0.191 e. The summed E-state index contributed by atoms with van der Waals surface area (Å²) in [5.74, 6) is 2.31. The number of allylic oxidation sites excluding steroid dienone is 4. The second kappa shape index (κ2) is 9.33. The lowest BCUT2D eigenvalue weighted by Gasteiger charge is -2.26. The van der Waals surface area contributed by atoms with Crippen LogP contribution in [0.1, 0.15) is 84.8 Å². The number of rotatable bonds is 6. The van der Waals surface area contributed by atoms with Crippen LogP contribution >= 0.6 is 0 Å². The summed E-state index contributed by atoms with van der Waals surface area (Å²) in [4.78, 5) is 9.55. The highest BCUT2D eigenvalue weighted by atomic mass is 14.8. The molecule has 0 spiro atoms. The van der Waals surface area contributed by atoms with Crippen LogP contribution in [-0.2, 0) is 0 Å². The SMILES string of the molecule is CC(C)C1=C(N=C=Nc2c(C(C)C)cccc2C(C)C)C(C(C)C)CC=C1. The summed E-state index contributed by atoms with van der Waals surface area (Å²) >= 11 is 0. The van der Waals surface area contributed by atoms with Gasteiger partial charge in [-0.3, -0.25) is 0 Å². The second-order valence-corrected chi connectivity index (χ2v) is 8.90. The minimum Gasteiger partial charge on any atom is -0.191 e. The van der Waals surface area contributed by atoms with Gasteiger partial charge in [-0.05, 0) is 46.8 Å². The maximum absolute atomic E-state index is 4.80. The van der Waals surface area contributed by atoms with Gasteiger partial charge >= 0.3 is 0 Å². The van der Waals surface area contributed by atoms with Crippen molar-refractivity contribution in [3.8, 4) is 0 Å². The molecular formula is C25H36N2. The lowest BCUT2D eigenvalue weighted by Crippen LogP contribution is -2.16. The van der Waals surface area contributed by atoms with Gasteiger partial charge in [0.05, 0.1) is 11.4 Å². The molecule has 2 nitrogen and oxygen atoms in total. The number of benzene rings is 1. The fourth-order valence-corrected chi connectivity index (χ4v) is 3.75. The average Bonchev–Trinajstić information content (AvgIpc) is 2.61. The summed E-state index contributed by atoms with van der Waals surface area (Å²) in [5.41, 5.74) is 6.07. The van der Waals surface area contributed by atoms with Crippen LogP contribution in [0.5, 0.6) is 0 Å². The van der Waals surface area contributed by atoms with E-state index in [-0.39, 0.29) is 0 Å². The Morgan fingerprint density at radius 3 is 1.93 bits per heavy atom. The first-order valence-electron chi connectivity index (χ1n) is 10.4. The first-order chi connectivity index (χ1) is 12.7. The molecule has 27 heavy (non-hydrogen) atoms. The standard InChI is InChI=1S/C25H36N2/c1-16(2)20-11-9-12-21(17(3)4)24(20)26-15-27-25-22(18(5)6)13-10-14-23(25)19(7)8/h9-13,16-19,23H,14H2,1-8H3. The van der Waals surface area contributed by atoms with Gasteiger partial charge in [0, 0.05) is 5.92 Å². The van der Waals surface area contributed by atoms with Crippen molar-refractivity contribution in [2.24, 2.45) is 27.7 Å². The van der Waals surface area contributed by atoms with Crippen molar-refractivity contribution >= 4 is 11.7 Å². The molecule has 1 aromatic carbocycles. The van der Waals surface area contributed by atoms with Crippen molar-refractivity contribution in [3.63, 3.8) is 0 Å². The van der Waals surface area contributed by atoms with E-state index < -0.39 is 0 Å². The van der Waals surface area contributed by atoms with E-state index in [0.29, 0.717) is 29.6 Å². The highest BCUT2D eigenvalue weighted by Crippen LogP contribution is 2.36. The smallest absolute Gasteiger partial charge is 0.100 e. The molecule has 0 saturated heterocycles. The number of hydrogen-bond acceptors (Lipinski definition) is 2. The van der Waals surface area contributed by atoms with Crippen molar-refractivity contribution in [2.45, 2.75) is 73.6 Å². The minimum absolute atomic E-state index is 0.427. The molecule has 1 aliphatic rings. The van der Waals surface area contributed by atoms with Crippen LogP contribution in [0, 0.1) is 17.8 Å². The molecule has 0 amide bonds. The van der Waals surface area contributed by atoms with Gasteiger partial charge in [-0.2, -0.15) is 9.98 Å². The van der Waals surface area contributed by atoms with Gasteiger partial charge in [0.15, 0.2) is 0 Å². The van der Waals surface area contributed by atoms with Gasteiger partial charge in [-0.25, -0.2) is 0 Å². The topological polar surface area (TPSA) is 24.7 Å². The third kappa shape index (κ3) is 5.08. The van der Waals surface area contributed by atoms with E-state index in [9.17, 15) is 0 Å². The Labute approximate surface area is 166 Å². The van der Waals surface area contributed by atoms with Crippen molar-refractivity contribution in [3.05, 3.63) is 52.7 Å². The van der Waals surface area contributed by atoms with Crippen LogP contribution in [0.15, 0.2) is 51.6 Å². The monoisotopic (exact) mass is 364 g/mol. The van der Waals surface area contributed by atoms with E-state index in [4.69, 9.17) is 9.98 Å². The predicted molar refractivity (Wildman–Crippen MR) is 118 cm³/mol. The van der Waals surface area contributed by atoms with Crippen molar-refractivity contribution in [1.29, 1.82) is 0 Å². The van der Waals surface area contributed by atoms with Crippen LogP contribution in [0.25, 0.3) is 0 Å². The van der Waals surface area contributed by atoms with Crippen LogP contribution in [0.2, 0.25) is 0 Å². The van der Waals surface area contributed by atoms with E-state index >= 15 is 0 Å². The molecule has 1 aromatic rings. The first kappa shape index (κ1) is 21.4. The summed E-state index contributed by atoms with van der Waals surface area (Å²) in [5, 5.41) is 0. The highest BCUT2D eigenvalue weighted by molar-refractivity contribution is 5.63. The van der Waals surface area contributed by atoms with E-state index in [1.54, 1.807) is 0 Å². The molecule has 146 valence electrons. The van der Waals surface area contributed by atoms with Crippen molar-refractivity contribution in [1.82, 2.24) is 0 Å². The summed E-state index contributed by atoms with van der Waals surface area (Å²) in [6.07, 6.45) is 5.58. The fraction of sp³-hybridized carbons (Fsp3) is 0.560. The maximum atomic E-state index is 4.80. The molecule has 2 rings (SSSR count). The third-order valence-electron chi connectivity index (χ3n) is 5.44. The summed E-state index contributed by atoms with van der Waals surface area (Å²) in [6.45, 7) is 17.9. The molecule has 0 N–H and O–H groups in total. The molecule has 0 radical (unpaired) electrons. The molecule has 1 unspecified atom stereocenters. The molecule has 1 atom stereocenters. The Morgan fingerprint density at radius 1 is 0.852 bits per heavy atom. The zero-order chi connectivity index (χ0) is 20.1. The molecular weight excluding hydrogens is 328 g/mol. The van der Waals surface area contributed by atoms with Crippen molar-refractivity contribution < 1.29 is 0 Å². The van der Waals surface area contributed by atoms with Gasteiger partial charge in [0.2, 0.25) is 0 Å². The highest BCUT2D eigenvalue weighted by Gasteiger charge is 2.24. The summed E-state index contributed by atoms with van der Waals surface area (Å²) < 4.78 is 0. The first-order valence-corrected chi connectivity index (χ1v) is 10.4. The second-order valence-electron chi connectivity index (χ2n) is 8.90. The summed E-state index contributed by atoms with van der Waals surface area (Å²) in [7, 11) is 0. The Kier molecular flexibility index (Phi) is 7.39. The number of hydrogen-bond donors (Lipinski definition) is 0. The minimum atomic E-state index is 0.427. The normalized spacial score (nSPS) is 17.3. The molecule has 0 aliphatic heterocycles. The van der Waals surface area contributed by atoms with Gasteiger partial charge in [-0.15, -0.1) is 0 Å². The molecule has 0 aromatic heterocycles. The Bertz CT molecular complexity index is 743. The van der Waals surface area contributed by atoms with Gasteiger partial charge in [0.25, 0.3) is 0 Å². The summed E-state index contributed by atoms with van der Waals surface area (Å²) in [6, 6.07) is 9.58. The van der Waals surface area contributed by atoms with E-state index in [0.717, 1.165) is 12.1 Å². The lowest BCUT2D eigenvalue weighted by molar-refractivity contribution is 0.433. The lowest BCUT2D eigenvalue weighted by atomic mass is 9.81. The fourth-order valence-electron chi connectivity index (χ4n) is 3.75. The van der Waals surface area contributed by atoms with Gasteiger partial charge < -0.3 is 0 Å². The Morgan fingerprint density at radius 2 is 1.44 bits per heavy atom. The van der Waals surface area contributed by atoms with Crippen LogP contribution < -0.4 is 0 Å².